The second-order valence-electron chi connectivity index (χ2n) is 3.77. The van der Waals surface area contributed by atoms with E-state index >= 15 is 0 Å². The molecule has 0 saturated carbocycles. The summed E-state index contributed by atoms with van der Waals surface area (Å²) in [6.07, 6.45) is 5.45. The first-order valence-electron chi connectivity index (χ1n) is 5.12. The number of aromatic amines is 1. The molecule has 0 aliphatic carbocycles. The zero-order valence-electron chi connectivity index (χ0n) is 9.21. The summed E-state index contributed by atoms with van der Waals surface area (Å²) >= 11 is 1.54. The molecule has 17 heavy (non-hydrogen) atoms. The summed E-state index contributed by atoms with van der Waals surface area (Å²) in [4.78, 5) is 5.25. The number of benzene rings is 1. The van der Waals surface area contributed by atoms with Crippen molar-refractivity contribution in [3.05, 3.63) is 30.7 Å². The maximum atomic E-state index is 6.01. The van der Waals surface area contributed by atoms with Gasteiger partial charge in [0.15, 0.2) is 5.16 Å². The molecule has 6 heteroatoms. The van der Waals surface area contributed by atoms with E-state index < -0.39 is 0 Å². The number of hydrogen-bond acceptors (Lipinski definition) is 4. The Hall–Kier alpha value is -1.95. The lowest BCUT2D eigenvalue weighted by atomic mass is 10.2. The van der Waals surface area contributed by atoms with Crippen LogP contribution < -0.4 is 5.73 Å². The highest BCUT2D eigenvalue weighted by molar-refractivity contribution is 7.99. The fraction of sp³-hybridized carbons (Fsp3) is 0.0909. The molecule has 0 aliphatic rings. The number of nitrogens with one attached hydrogen (secondary N) is 1. The number of rotatable bonds is 2. The van der Waals surface area contributed by atoms with Crippen LogP contribution in [0.4, 0.5) is 5.69 Å². The molecule has 5 nitrogen and oxygen atoms in total. The molecular weight excluding hydrogens is 234 g/mol. The van der Waals surface area contributed by atoms with Crippen molar-refractivity contribution in [1.82, 2.24) is 19.7 Å². The predicted octanol–water partition coefficient (Wildman–Crippen LogP) is 2.03. The standard InChI is InChI=1S/C11H11N5S/c1-16-3-2-13-11(16)17-10-5-9-7(4-8(10)12)6-14-15-9/h2-6H,12H2,1H3,(H,14,15). The van der Waals surface area contributed by atoms with Crippen LogP contribution in [0.5, 0.6) is 0 Å². The van der Waals surface area contributed by atoms with Crippen LogP contribution in [0.2, 0.25) is 0 Å². The Kier molecular flexibility index (Phi) is 2.29. The highest BCUT2D eigenvalue weighted by atomic mass is 32.2. The normalized spacial score (nSPS) is 11.1. The monoisotopic (exact) mass is 245 g/mol. The number of nitrogens with two attached hydrogens (primary N) is 1. The van der Waals surface area contributed by atoms with Crippen molar-refractivity contribution in [2.24, 2.45) is 7.05 Å². The van der Waals surface area contributed by atoms with Gasteiger partial charge in [0.2, 0.25) is 0 Å². The summed E-state index contributed by atoms with van der Waals surface area (Å²) in [5, 5.41) is 8.86. The summed E-state index contributed by atoms with van der Waals surface area (Å²) in [5.74, 6) is 0. The van der Waals surface area contributed by atoms with E-state index in [0.717, 1.165) is 26.6 Å². The van der Waals surface area contributed by atoms with Crippen LogP contribution in [-0.4, -0.2) is 19.7 Å². The lowest BCUT2D eigenvalue weighted by molar-refractivity contribution is 0.790. The number of H-pyrrole nitrogens is 1. The molecule has 3 N–H and O–H groups in total. The molecule has 0 amide bonds. The van der Waals surface area contributed by atoms with Crippen LogP contribution >= 0.6 is 11.8 Å². The highest BCUT2D eigenvalue weighted by Gasteiger charge is 2.08. The van der Waals surface area contributed by atoms with Gasteiger partial charge in [0.1, 0.15) is 0 Å². The van der Waals surface area contributed by atoms with E-state index in [0.29, 0.717) is 0 Å². The van der Waals surface area contributed by atoms with Crippen molar-refractivity contribution in [3.63, 3.8) is 0 Å². The molecule has 2 aromatic heterocycles. The molecule has 0 saturated heterocycles. The minimum atomic E-state index is 0.743. The van der Waals surface area contributed by atoms with E-state index in [1.54, 1.807) is 24.2 Å². The SMILES string of the molecule is Cn1ccnc1Sc1cc2[nH]ncc2cc1N. The molecule has 0 unspecified atom stereocenters. The number of imidazole rings is 1. The first-order chi connectivity index (χ1) is 8.24. The quantitative estimate of drug-likeness (QED) is 0.678. The predicted molar refractivity (Wildman–Crippen MR) is 67.8 cm³/mol. The molecule has 86 valence electrons. The van der Waals surface area contributed by atoms with Gasteiger partial charge in [-0.25, -0.2) is 4.98 Å². The van der Waals surface area contributed by atoms with Gasteiger partial charge in [-0.3, -0.25) is 5.10 Å². The van der Waals surface area contributed by atoms with Crippen LogP contribution in [-0.2, 0) is 7.05 Å². The van der Waals surface area contributed by atoms with Gasteiger partial charge in [-0.1, -0.05) is 0 Å². The topological polar surface area (TPSA) is 72.5 Å². The Morgan fingerprint density at radius 2 is 2.29 bits per heavy atom. The Balaban J connectivity index is 2.05. The number of aromatic nitrogens is 4. The van der Waals surface area contributed by atoms with Crippen molar-refractivity contribution >= 4 is 28.4 Å². The molecule has 2 heterocycles. The average Bonchev–Trinajstić information content (AvgIpc) is 2.89. The number of nitrogens with zero attached hydrogens (tertiary/aromatic N) is 3. The number of anilines is 1. The van der Waals surface area contributed by atoms with Crippen LogP contribution in [0, 0.1) is 0 Å². The molecule has 0 bridgehead atoms. The second-order valence-corrected chi connectivity index (χ2v) is 4.78. The van der Waals surface area contributed by atoms with E-state index in [9.17, 15) is 0 Å². The van der Waals surface area contributed by atoms with E-state index in [1.165, 1.54) is 0 Å². The van der Waals surface area contributed by atoms with Crippen LogP contribution in [0.1, 0.15) is 0 Å². The first kappa shape index (κ1) is 10.2. The van der Waals surface area contributed by atoms with Crippen LogP contribution in [0.25, 0.3) is 10.9 Å². The maximum Gasteiger partial charge on any atom is 0.172 e. The highest BCUT2D eigenvalue weighted by Crippen LogP contribution is 2.33. The average molecular weight is 245 g/mol. The van der Waals surface area contributed by atoms with Crippen molar-refractivity contribution < 1.29 is 0 Å². The zero-order valence-corrected chi connectivity index (χ0v) is 10.0. The second kappa shape index (κ2) is 3.81. The molecule has 0 radical (unpaired) electrons. The molecule has 3 rings (SSSR count). The molecule has 0 fully saturated rings. The number of hydrogen-bond donors (Lipinski definition) is 2. The van der Waals surface area contributed by atoms with Gasteiger partial charge in [-0.05, 0) is 23.9 Å². The summed E-state index contributed by atoms with van der Waals surface area (Å²) in [7, 11) is 1.96. The van der Waals surface area contributed by atoms with Gasteiger partial charge < -0.3 is 10.3 Å². The van der Waals surface area contributed by atoms with E-state index in [-0.39, 0.29) is 0 Å². The van der Waals surface area contributed by atoms with Crippen molar-refractivity contribution in [1.29, 1.82) is 0 Å². The third-order valence-electron chi connectivity index (χ3n) is 2.55. The molecule has 0 spiro atoms. The van der Waals surface area contributed by atoms with Crippen LogP contribution in [0.15, 0.2) is 40.8 Å². The minimum Gasteiger partial charge on any atom is -0.398 e. The first-order valence-corrected chi connectivity index (χ1v) is 5.93. The van der Waals surface area contributed by atoms with Crippen molar-refractivity contribution in [2.75, 3.05) is 5.73 Å². The minimum absolute atomic E-state index is 0.743. The molecule has 0 aliphatic heterocycles. The lowest BCUT2D eigenvalue weighted by Gasteiger charge is -2.05. The van der Waals surface area contributed by atoms with Gasteiger partial charge >= 0.3 is 0 Å². The van der Waals surface area contributed by atoms with Gasteiger partial charge in [-0.2, -0.15) is 5.10 Å². The lowest BCUT2D eigenvalue weighted by Crippen LogP contribution is -1.92. The maximum absolute atomic E-state index is 6.01. The number of nitrogen functional groups attached to an aromatic ring is 1. The number of fused-ring (bicyclic) bond motifs is 1. The largest absolute Gasteiger partial charge is 0.398 e. The van der Waals surface area contributed by atoms with Crippen molar-refractivity contribution in [2.45, 2.75) is 10.1 Å². The molecular formula is C11H11N5S. The Morgan fingerprint density at radius 3 is 3.06 bits per heavy atom. The van der Waals surface area contributed by atoms with Gasteiger partial charge in [0, 0.05) is 35.4 Å². The molecule has 1 aromatic carbocycles. The Labute approximate surface area is 102 Å². The van der Waals surface area contributed by atoms with Gasteiger partial charge in [0.05, 0.1) is 11.7 Å². The van der Waals surface area contributed by atoms with Gasteiger partial charge in [0.25, 0.3) is 0 Å². The van der Waals surface area contributed by atoms with E-state index in [4.69, 9.17) is 5.73 Å². The zero-order chi connectivity index (χ0) is 11.8. The van der Waals surface area contributed by atoms with Crippen molar-refractivity contribution in [3.8, 4) is 0 Å². The number of aryl methyl sites for hydroxylation is 1. The summed E-state index contributed by atoms with van der Waals surface area (Å²) in [6, 6.07) is 3.92. The van der Waals surface area contributed by atoms with Gasteiger partial charge in [-0.15, -0.1) is 0 Å². The Morgan fingerprint density at radius 1 is 1.41 bits per heavy atom. The summed E-state index contributed by atoms with van der Waals surface area (Å²) in [6.45, 7) is 0. The fourth-order valence-electron chi connectivity index (χ4n) is 1.63. The molecule has 3 aromatic rings. The Bertz CT molecular complexity index is 669. The molecule has 0 atom stereocenters. The third kappa shape index (κ3) is 1.76. The fourth-order valence-corrected chi connectivity index (χ4v) is 2.49. The van der Waals surface area contributed by atoms with Crippen LogP contribution in [0.3, 0.4) is 0 Å². The summed E-state index contributed by atoms with van der Waals surface area (Å²) in [5.41, 5.74) is 7.74. The smallest absolute Gasteiger partial charge is 0.172 e. The summed E-state index contributed by atoms with van der Waals surface area (Å²) < 4.78 is 1.96. The van der Waals surface area contributed by atoms with E-state index in [1.807, 2.05) is 29.9 Å². The van der Waals surface area contributed by atoms with E-state index in [2.05, 4.69) is 15.2 Å². The third-order valence-corrected chi connectivity index (χ3v) is 3.70.